The maximum absolute atomic E-state index is 9.76. The summed E-state index contributed by atoms with van der Waals surface area (Å²) in [5.74, 6) is 0.622. The van der Waals surface area contributed by atoms with Crippen LogP contribution in [0, 0.1) is 0 Å². The van der Waals surface area contributed by atoms with Gasteiger partial charge in [-0.15, -0.1) is 0 Å². The van der Waals surface area contributed by atoms with E-state index >= 15 is 0 Å². The molecule has 2 aromatic heterocycles. The quantitative estimate of drug-likeness (QED) is 0.531. The van der Waals surface area contributed by atoms with Crippen LogP contribution in [0.25, 0.3) is 22.2 Å². The van der Waals surface area contributed by atoms with Crippen molar-refractivity contribution in [2.75, 3.05) is 18.4 Å². The fraction of sp³-hybridized carbons (Fsp3) is 0.391. The molecular formula is C23H28N4O2. The minimum atomic E-state index is -0.204. The minimum absolute atomic E-state index is 0.0821. The Hall–Kier alpha value is -2.70. The number of nitrogens with zero attached hydrogens (tertiary/aromatic N) is 2. The van der Waals surface area contributed by atoms with E-state index in [0.29, 0.717) is 12.4 Å². The molecule has 0 radical (unpaired) electrons. The Balaban J connectivity index is 1.59. The van der Waals surface area contributed by atoms with Crippen molar-refractivity contribution in [3.63, 3.8) is 0 Å². The first kappa shape index (κ1) is 19.6. The molecule has 1 fully saturated rings. The second-order valence-electron chi connectivity index (χ2n) is 7.58. The Morgan fingerprint density at radius 1 is 1.10 bits per heavy atom. The van der Waals surface area contributed by atoms with Crippen LogP contribution >= 0.6 is 0 Å². The molecule has 0 saturated heterocycles. The van der Waals surface area contributed by atoms with Crippen LogP contribution in [0.15, 0.2) is 48.7 Å². The van der Waals surface area contributed by atoms with Gasteiger partial charge in [0, 0.05) is 24.0 Å². The van der Waals surface area contributed by atoms with Crippen LogP contribution in [-0.2, 0) is 0 Å². The molecule has 0 amide bonds. The second-order valence-corrected chi connectivity index (χ2v) is 7.58. The van der Waals surface area contributed by atoms with Gasteiger partial charge in [0.25, 0.3) is 0 Å². The normalized spacial score (nSPS) is 19.2. The molecule has 6 heteroatoms. The van der Waals surface area contributed by atoms with Crippen molar-refractivity contribution in [1.82, 2.24) is 9.97 Å². The van der Waals surface area contributed by atoms with Crippen molar-refractivity contribution >= 4 is 16.6 Å². The van der Waals surface area contributed by atoms with Crippen molar-refractivity contribution in [3.05, 3.63) is 48.7 Å². The molecule has 1 aromatic carbocycles. The molecule has 0 spiro atoms. The molecule has 4 rings (SSSR count). The molecule has 3 aromatic rings. The first-order valence-corrected chi connectivity index (χ1v) is 10.4. The SMILES string of the molecule is NCCCNc1ccc(-c2cc3ncccc3c(OC3CCC(O)CC3)n2)cc1. The minimum Gasteiger partial charge on any atom is -0.474 e. The highest BCUT2D eigenvalue weighted by atomic mass is 16.5. The van der Waals surface area contributed by atoms with Crippen molar-refractivity contribution in [2.24, 2.45) is 5.73 Å². The van der Waals surface area contributed by atoms with Gasteiger partial charge in [-0.3, -0.25) is 4.98 Å². The topological polar surface area (TPSA) is 93.3 Å². The van der Waals surface area contributed by atoms with Gasteiger partial charge in [-0.1, -0.05) is 12.1 Å². The number of hydrogen-bond donors (Lipinski definition) is 3. The molecule has 1 aliphatic rings. The molecule has 0 unspecified atom stereocenters. The number of ether oxygens (including phenoxy) is 1. The van der Waals surface area contributed by atoms with E-state index in [1.165, 1.54) is 0 Å². The molecule has 1 aliphatic carbocycles. The molecule has 0 aliphatic heterocycles. The van der Waals surface area contributed by atoms with E-state index in [4.69, 9.17) is 15.5 Å². The lowest BCUT2D eigenvalue weighted by Gasteiger charge is -2.26. The molecule has 29 heavy (non-hydrogen) atoms. The average Bonchev–Trinajstić information content (AvgIpc) is 2.76. The van der Waals surface area contributed by atoms with E-state index < -0.39 is 0 Å². The highest BCUT2D eigenvalue weighted by Gasteiger charge is 2.22. The van der Waals surface area contributed by atoms with Gasteiger partial charge >= 0.3 is 0 Å². The number of pyridine rings is 2. The summed E-state index contributed by atoms with van der Waals surface area (Å²) in [5.41, 5.74) is 9.35. The maximum Gasteiger partial charge on any atom is 0.223 e. The Bertz CT molecular complexity index is 937. The Labute approximate surface area is 171 Å². The molecule has 152 valence electrons. The summed E-state index contributed by atoms with van der Waals surface area (Å²) in [6.07, 6.45) is 5.85. The highest BCUT2D eigenvalue weighted by Crippen LogP contribution is 2.31. The fourth-order valence-electron chi connectivity index (χ4n) is 3.70. The van der Waals surface area contributed by atoms with Crippen molar-refractivity contribution in [1.29, 1.82) is 0 Å². The van der Waals surface area contributed by atoms with Gasteiger partial charge < -0.3 is 20.9 Å². The summed E-state index contributed by atoms with van der Waals surface area (Å²) in [5, 5.41) is 14.0. The van der Waals surface area contributed by atoms with Crippen molar-refractivity contribution in [2.45, 2.75) is 44.3 Å². The number of nitrogens with one attached hydrogen (secondary N) is 1. The maximum atomic E-state index is 9.76. The number of aliphatic hydroxyl groups excluding tert-OH is 1. The van der Waals surface area contributed by atoms with Crippen LogP contribution < -0.4 is 15.8 Å². The number of aliphatic hydroxyl groups is 1. The molecule has 2 heterocycles. The van der Waals surface area contributed by atoms with Gasteiger partial charge in [-0.05, 0) is 69.0 Å². The Morgan fingerprint density at radius 2 is 1.90 bits per heavy atom. The van der Waals surface area contributed by atoms with Crippen LogP contribution in [0.2, 0.25) is 0 Å². The molecule has 6 nitrogen and oxygen atoms in total. The predicted molar refractivity (Wildman–Crippen MR) is 116 cm³/mol. The number of aromatic nitrogens is 2. The molecular weight excluding hydrogens is 364 g/mol. The van der Waals surface area contributed by atoms with Crippen LogP contribution in [0.1, 0.15) is 32.1 Å². The number of benzene rings is 1. The van der Waals surface area contributed by atoms with Gasteiger partial charge in [0.2, 0.25) is 5.88 Å². The number of hydrogen-bond acceptors (Lipinski definition) is 6. The lowest BCUT2D eigenvalue weighted by atomic mass is 9.95. The third kappa shape index (κ3) is 4.83. The summed E-state index contributed by atoms with van der Waals surface area (Å²) in [6, 6.07) is 14.1. The van der Waals surface area contributed by atoms with Crippen LogP contribution in [-0.4, -0.2) is 40.4 Å². The number of nitrogens with two attached hydrogens (primary N) is 1. The third-order valence-corrected chi connectivity index (χ3v) is 5.38. The molecule has 0 atom stereocenters. The number of rotatable bonds is 7. The standard InChI is InChI=1S/C23H28N4O2/c24-12-2-14-25-17-6-4-16(5-7-17)21-15-22-20(3-1-13-26-22)23(27-21)29-19-10-8-18(28)9-11-19/h1,3-7,13,15,18-19,25,28H,2,8-12,14,24H2. The fourth-order valence-corrected chi connectivity index (χ4v) is 3.70. The lowest BCUT2D eigenvalue weighted by molar-refractivity contribution is 0.0652. The third-order valence-electron chi connectivity index (χ3n) is 5.38. The van der Waals surface area contributed by atoms with Crippen molar-refractivity contribution < 1.29 is 9.84 Å². The van der Waals surface area contributed by atoms with Gasteiger partial charge in [0.1, 0.15) is 6.10 Å². The predicted octanol–water partition coefficient (Wildman–Crippen LogP) is 3.74. The van der Waals surface area contributed by atoms with E-state index in [1.54, 1.807) is 6.20 Å². The summed E-state index contributed by atoms with van der Waals surface area (Å²) in [4.78, 5) is 9.34. The van der Waals surface area contributed by atoms with E-state index in [9.17, 15) is 5.11 Å². The zero-order chi connectivity index (χ0) is 20.1. The van der Waals surface area contributed by atoms with Crippen molar-refractivity contribution in [3.8, 4) is 17.1 Å². The molecule has 4 N–H and O–H groups in total. The Morgan fingerprint density at radius 3 is 2.66 bits per heavy atom. The van der Waals surface area contributed by atoms with E-state index in [0.717, 1.165) is 66.5 Å². The number of anilines is 1. The Kier molecular flexibility index (Phi) is 6.22. The highest BCUT2D eigenvalue weighted by molar-refractivity contribution is 5.87. The van der Waals surface area contributed by atoms with Crippen LogP contribution in [0.5, 0.6) is 5.88 Å². The first-order chi connectivity index (χ1) is 14.2. The summed E-state index contributed by atoms with van der Waals surface area (Å²) in [7, 11) is 0. The zero-order valence-electron chi connectivity index (χ0n) is 16.6. The van der Waals surface area contributed by atoms with E-state index in [-0.39, 0.29) is 12.2 Å². The summed E-state index contributed by atoms with van der Waals surface area (Å²) < 4.78 is 6.28. The van der Waals surface area contributed by atoms with Gasteiger partial charge in [-0.25, -0.2) is 4.98 Å². The monoisotopic (exact) mass is 392 g/mol. The van der Waals surface area contributed by atoms with Gasteiger partial charge in [-0.2, -0.15) is 0 Å². The zero-order valence-corrected chi connectivity index (χ0v) is 16.6. The van der Waals surface area contributed by atoms with Gasteiger partial charge in [0.05, 0.1) is 22.7 Å². The number of fused-ring (bicyclic) bond motifs is 1. The van der Waals surface area contributed by atoms with E-state index in [2.05, 4.69) is 34.6 Å². The van der Waals surface area contributed by atoms with Gasteiger partial charge in [0.15, 0.2) is 0 Å². The second kappa shape index (κ2) is 9.20. The average molecular weight is 393 g/mol. The summed E-state index contributed by atoms with van der Waals surface area (Å²) in [6.45, 7) is 1.55. The van der Waals surface area contributed by atoms with Crippen LogP contribution in [0.3, 0.4) is 0 Å². The lowest BCUT2D eigenvalue weighted by Crippen LogP contribution is -2.26. The van der Waals surface area contributed by atoms with Crippen LogP contribution in [0.4, 0.5) is 5.69 Å². The smallest absolute Gasteiger partial charge is 0.223 e. The van der Waals surface area contributed by atoms with E-state index in [1.807, 2.05) is 18.2 Å². The summed E-state index contributed by atoms with van der Waals surface area (Å²) >= 11 is 0. The first-order valence-electron chi connectivity index (χ1n) is 10.4. The molecule has 1 saturated carbocycles. The largest absolute Gasteiger partial charge is 0.474 e. The molecule has 0 bridgehead atoms.